The number of anilines is 2. The van der Waals surface area contributed by atoms with Crippen LogP contribution in [0, 0.1) is 5.41 Å². The Labute approximate surface area is 179 Å². The Balaban J connectivity index is 2.02. The first kappa shape index (κ1) is 19.9. The number of Topliss-reactive ketones (excluding diaryl/α,β-unsaturated/α-hetero) is 1. The molecule has 1 aromatic heterocycles. The number of aromatic nitrogens is 1. The average Bonchev–Trinajstić information content (AvgIpc) is 2.77. The van der Waals surface area contributed by atoms with E-state index < -0.39 is 6.04 Å². The van der Waals surface area contributed by atoms with Gasteiger partial charge in [-0.15, -0.1) is 0 Å². The van der Waals surface area contributed by atoms with Crippen molar-refractivity contribution in [1.82, 2.24) is 4.98 Å². The van der Waals surface area contributed by atoms with E-state index in [1.807, 2.05) is 6.07 Å². The topological polar surface area (TPSA) is 62.3 Å². The van der Waals surface area contributed by atoms with Gasteiger partial charge in [-0.1, -0.05) is 43.1 Å². The monoisotopic (exact) mass is 429 g/mol. The van der Waals surface area contributed by atoms with E-state index in [4.69, 9.17) is 23.2 Å². The molecule has 2 heterocycles. The molecule has 7 heteroatoms. The first-order valence-corrected chi connectivity index (χ1v) is 10.2. The third-order valence-corrected chi connectivity index (χ3v) is 6.13. The maximum Gasteiger partial charge on any atom is 0.224 e. The molecular weight excluding hydrogens is 409 g/mol. The molecule has 1 aromatic carbocycles. The SMILES string of the molecule is CC(=O)N1c2ccncc2NC2=C(C(=O)CC(C)(C)C2)C1c1ccc(Cl)c(Cl)c1. The van der Waals surface area contributed by atoms with E-state index in [1.54, 1.807) is 35.5 Å². The molecule has 0 spiro atoms. The second-order valence-corrected chi connectivity index (χ2v) is 9.13. The Morgan fingerprint density at radius 2 is 1.97 bits per heavy atom. The van der Waals surface area contributed by atoms with Gasteiger partial charge in [0.25, 0.3) is 0 Å². The van der Waals surface area contributed by atoms with Crippen LogP contribution >= 0.6 is 23.2 Å². The summed E-state index contributed by atoms with van der Waals surface area (Å²) < 4.78 is 0. The van der Waals surface area contributed by atoms with Gasteiger partial charge in [-0.3, -0.25) is 19.5 Å². The van der Waals surface area contributed by atoms with Gasteiger partial charge in [-0.05, 0) is 35.6 Å². The van der Waals surface area contributed by atoms with Crippen LogP contribution in [0.15, 0.2) is 47.9 Å². The number of rotatable bonds is 1. The Bertz CT molecular complexity index is 1060. The molecule has 1 amide bonds. The molecule has 1 N–H and O–H groups in total. The minimum atomic E-state index is -0.600. The van der Waals surface area contributed by atoms with Crippen molar-refractivity contribution >= 4 is 46.3 Å². The lowest BCUT2D eigenvalue weighted by Crippen LogP contribution is -2.38. The summed E-state index contributed by atoms with van der Waals surface area (Å²) in [5.74, 6) is -0.159. The van der Waals surface area contributed by atoms with E-state index in [2.05, 4.69) is 24.1 Å². The van der Waals surface area contributed by atoms with Crippen LogP contribution in [0.4, 0.5) is 11.4 Å². The predicted molar refractivity (Wildman–Crippen MR) is 115 cm³/mol. The number of nitrogens with one attached hydrogen (secondary N) is 1. The zero-order valence-corrected chi connectivity index (χ0v) is 17.9. The van der Waals surface area contributed by atoms with E-state index in [1.165, 1.54) is 6.92 Å². The lowest BCUT2D eigenvalue weighted by atomic mass is 9.73. The zero-order chi connectivity index (χ0) is 20.9. The number of carbonyl (C=O) groups excluding carboxylic acids is 2. The molecule has 1 atom stereocenters. The highest BCUT2D eigenvalue weighted by atomic mass is 35.5. The second-order valence-electron chi connectivity index (χ2n) is 8.32. The molecule has 1 unspecified atom stereocenters. The highest BCUT2D eigenvalue weighted by Crippen LogP contribution is 2.48. The van der Waals surface area contributed by atoms with Crippen molar-refractivity contribution < 1.29 is 9.59 Å². The Kier molecular flexibility index (Phi) is 4.91. The van der Waals surface area contributed by atoms with Crippen molar-refractivity contribution in [2.75, 3.05) is 10.2 Å². The van der Waals surface area contributed by atoms with E-state index in [9.17, 15) is 9.59 Å². The number of hydrogen-bond donors (Lipinski definition) is 1. The van der Waals surface area contributed by atoms with Crippen LogP contribution < -0.4 is 10.2 Å². The standard InChI is InChI=1S/C22H21Cl2N3O2/c1-12(28)27-18-6-7-25-11-17(18)26-16-9-22(2,3)10-19(29)20(16)21(27)13-4-5-14(23)15(24)8-13/h4-8,11,21,26H,9-10H2,1-3H3. The fourth-order valence-corrected chi connectivity index (χ4v) is 4.54. The van der Waals surface area contributed by atoms with Crippen LogP contribution in [0.25, 0.3) is 0 Å². The Morgan fingerprint density at radius 3 is 2.66 bits per heavy atom. The minimum Gasteiger partial charge on any atom is -0.356 e. The molecule has 1 aliphatic heterocycles. The smallest absolute Gasteiger partial charge is 0.224 e. The molecule has 0 saturated heterocycles. The molecule has 0 fully saturated rings. The van der Waals surface area contributed by atoms with Crippen LogP contribution in [0.5, 0.6) is 0 Å². The third kappa shape index (κ3) is 3.53. The number of benzene rings is 1. The highest BCUT2D eigenvalue weighted by molar-refractivity contribution is 6.42. The number of ketones is 1. The molecule has 0 bridgehead atoms. The fourth-order valence-electron chi connectivity index (χ4n) is 4.24. The summed E-state index contributed by atoms with van der Waals surface area (Å²) in [6, 6.07) is 6.42. The number of hydrogen-bond acceptors (Lipinski definition) is 4. The number of halogens is 2. The quantitative estimate of drug-likeness (QED) is 0.644. The molecular formula is C22H21Cl2N3O2. The molecule has 2 aliphatic rings. The van der Waals surface area contributed by atoms with Gasteiger partial charge >= 0.3 is 0 Å². The minimum absolute atomic E-state index is 0.0202. The van der Waals surface area contributed by atoms with Gasteiger partial charge in [0.2, 0.25) is 5.91 Å². The van der Waals surface area contributed by atoms with E-state index >= 15 is 0 Å². The summed E-state index contributed by atoms with van der Waals surface area (Å²) in [7, 11) is 0. The highest BCUT2D eigenvalue weighted by Gasteiger charge is 2.42. The van der Waals surface area contributed by atoms with Crippen molar-refractivity contribution in [3.8, 4) is 0 Å². The van der Waals surface area contributed by atoms with Gasteiger partial charge in [0.05, 0.1) is 33.7 Å². The van der Waals surface area contributed by atoms with Gasteiger partial charge in [0, 0.05) is 30.8 Å². The third-order valence-electron chi connectivity index (χ3n) is 5.39. The molecule has 0 radical (unpaired) electrons. The van der Waals surface area contributed by atoms with E-state index in [0.717, 1.165) is 11.3 Å². The number of fused-ring (bicyclic) bond motifs is 1. The number of pyridine rings is 1. The summed E-state index contributed by atoms with van der Waals surface area (Å²) in [5.41, 5.74) is 3.33. The van der Waals surface area contributed by atoms with Gasteiger partial charge in [0.1, 0.15) is 0 Å². The Hall–Kier alpha value is -2.37. The fraction of sp³-hybridized carbons (Fsp3) is 0.318. The summed E-state index contributed by atoms with van der Waals surface area (Å²) in [6.45, 7) is 5.64. The van der Waals surface area contributed by atoms with Crippen LogP contribution in [0.1, 0.15) is 45.2 Å². The van der Waals surface area contributed by atoms with Gasteiger partial charge < -0.3 is 5.32 Å². The molecule has 5 nitrogen and oxygen atoms in total. The summed E-state index contributed by atoms with van der Waals surface area (Å²) in [5, 5.41) is 4.20. The zero-order valence-electron chi connectivity index (χ0n) is 16.4. The first-order valence-electron chi connectivity index (χ1n) is 9.40. The van der Waals surface area contributed by atoms with Gasteiger partial charge in [-0.25, -0.2) is 0 Å². The number of carbonyl (C=O) groups is 2. The maximum absolute atomic E-state index is 13.3. The molecule has 2 aromatic rings. The summed E-state index contributed by atoms with van der Waals surface area (Å²) in [4.78, 5) is 32.0. The largest absolute Gasteiger partial charge is 0.356 e. The lowest BCUT2D eigenvalue weighted by molar-refractivity contribution is -0.118. The van der Waals surface area contributed by atoms with Crippen molar-refractivity contribution in [2.45, 2.75) is 39.7 Å². The van der Waals surface area contributed by atoms with Crippen LogP contribution in [-0.4, -0.2) is 16.7 Å². The van der Waals surface area contributed by atoms with Crippen LogP contribution in [0.2, 0.25) is 10.0 Å². The second kappa shape index (κ2) is 7.15. The van der Waals surface area contributed by atoms with Gasteiger partial charge in [-0.2, -0.15) is 0 Å². The maximum atomic E-state index is 13.3. The molecule has 29 heavy (non-hydrogen) atoms. The van der Waals surface area contributed by atoms with Crippen molar-refractivity contribution in [3.63, 3.8) is 0 Å². The summed E-state index contributed by atoms with van der Waals surface area (Å²) >= 11 is 12.4. The molecule has 1 aliphatic carbocycles. The van der Waals surface area contributed by atoms with Gasteiger partial charge in [0.15, 0.2) is 5.78 Å². The number of nitrogens with zero attached hydrogens (tertiary/aromatic N) is 2. The normalized spacial score (nSPS) is 20.5. The van der Waals surface area contributed by atoms with E-state index in [0.29, 0.717) is 39.8 Å². The average molecular weight is 430 g/mol. The first-order chi connectivity index (χ1) is 13.7. The molecule has 0 saturated carbocycles. The van der Waals surface area contributed by atoms with Crippen molar-refractivity contribution in [1.29, 1.82) is 0 Å². The van der Waals surface area contributed by atoms with Crippen molar-refractivity contribution in [2.24, 2.45) is 5.41 Å². The molecule has 150 valence electrons. The Morgan fingerprint density at radius 1 is 1.21 bits per heavy atom. The number of allylic oxidation sites excluding steroid dienone is 1. The lowest BCUT2D eigenvalue weighted by Gasteiger charge is -2.36. The number of amides is 1. The predicted octanol–water partition coefficient (Wildman–Crippen LogP) is 5.55. The summed E-state index contributed by atoms with van der Waals surface area (Å²) in [6.07, 6.45) is 4.41. The van der Waals surface area contributed by atoms with Crippen molar-refractivity contribution in [3.05, 3.63) is 63.5 Å². The molecule has 4 rings (SSSR count). The van der Waals surface area contributed by atoms with E-state index in [-0.39, 0.29) is 17.1 Å². The van der Waals surface area contributed by atoms with Crippen LogP contribution in [-0.2, 0) is 9.59 Å². The van der Waals surface area contributed by atoms with Crippen LogP contribution in [0.3, 0.4) is 0 Å².